The van der Waals surface area contributed by atoms with Crippen molar-refractivity contribution in [2.45, 2.75) is 0 Å². The molecule has 21 heavy (non-hydrogen) atoms. The largest absolute Gasteiger partial charge is 0.423 e. The van der Waals surface area contributed by atoms with Gasteiger partial charge in [-0.25, -0.2) is 4.79 Å². The average Bonchev–Trinajstić information content (AvgIpc) is 2.47. The summed E-state index contributed by atoms with van der Waals surface area (Å²) in [4.78, 5) is 33.0. The summed E-state index contributed by atoms with van der Waals surface area (Å²) in [5.41, 5.74) is -0.239. The molecule has 0 aliphatic carbocycles. The number of nitro benzene ring substituents is 1. The van der Waals surface area contributed by atoms with Gasteiger partial charge in [0.15, 0.2) is 0 Å². The summed E-state index contributed by atoms with van der Waals surface area (Å²) < 4.78 is 5.03. The van der Waals surface area contributed by atoms with E-state index >= 15 is 0 Å². The van der Waals surface area contributed by atoms with E-state index in [9.17, 15) is 19.7 Å². The van der Waals surface area contributed by atoms with E-state index in [1.54, 1.807) is 0 Å². The van der Waals surface area contributed by atoms with Gasteiger partial charge >= 0.3 is 5.97 Å². The van der Waals surface area contributed by atoms with Crippen LogP contribution in [0.5, 0.6) is 5.75 Å². The van der Waals surface area contributed by atoms with Gasteiger partial charge in [-0.3, -0.25) is 14.9 Å². The normalized spacial score (nSPS) is 9.95. The number of nitrogens with zero attached hydrogens (tertiary/aromatic N) is 1. The van der Waals surface area contributed by atoms with Gasteiger partial charge in [-0.15, -0.1) is 0 Å². The molecule has 0 aliphatic heterocycles. The summed E-state index contributed by atoms with van der Waals surface area (Å²) in [6.45, 7) is 0. The molecule has 0 aromatic heterocycles. The second-order valence-electron chi connectivity index (χ2n) is 3.96. The van der Waals surface area contributed by atoms with Gasteiger partial charge in [-0.1, -0.05) is 12.1 Å². The lowest BCUT2D eigenvalue weighted by Crippen LogP contribution is -2.11. The minimum absolute atomic E-state index is 0.153. The van der Waals surface area contributed by atoms with Crippen LogP contribution in [0.4, 0.5) is 5.69 Å². The molecule has 7 heteroatoms. The van der Waals surface area contributed by atoms with Gasteiger partial charge in [0, 0.05) is 11.6 Å². The third-order valence-corrected chi connectivity index (χ3v) is 2.83. The molecule has 0 N–H and O–H groups in total. The van der Waals surface area contributed by atoms with Crippen LogP contribution < -0.4 is 4.74 Å². The smallest absolute Gasteiger partial charge is 0.350 e. The number of hydrogen-bond acceptors (Lipinski definition) is 5. The van der Waals surface area contributed by atoms with Crippen molar-refractivity contribution in [2.75, 3.05) is 0 Å². The number of esters is 1. The van der Waals surface area contributed by atoms with Crippen molar-refractivity contribution in [3.63, 3.8) is 0 Å². The predicted molar refractivity (Wildman–Crippen MR) is 74.7 cm³/mol. The van der Waals surface area contributed by atoms with E-state index in [0.717, 1.165) is 0 Å². The van der Waals surface area contributed by atoms with Crippen molar-refractivity contribution in [1.82, 2.24) is 0 Å². The van der Waals surface area contributed by atoms with Gasteiger partial charge in [0.1, 0.15) is 11.3 Å². The lowest BCUT2D eigenvalue weighted by Gasteiger charge is -2.05. The van der Waals surface area contributed by atoms with Crippen LogP contribution in [-0.4, -0.2) is 16.1 Å². The Hall–Kier alpha value is -2.73. The summed E-state index contributed by atoms with van der Waals surface area (Å²) in [5.74, 6) is -0.702. The van der Waals surface area contributed by atoms with Crippen molar-refractivity contribution in [3.8, 4) is 5.75 Å². The first-order valence-electron chi connectivity index (χ1n) is 5.74. The number of carbonyl (C=O) groups excluding carboxylic acids is 2. The lowest BCUT2D eigenvalue weighted by atomic mass is 10.2. The van der Waals surface area contributed by atoms with E-state index in [2.05, 4.69) is 0 Å². The fourth-order valence-electron chi connectivity index (χ4n) is 1.62. The molecular weight excluding hydrogens is 298 g/mol. The Morgan fingerprint density at radius 2 is 1.67 bits per heavy atom. The molecular formula is C14H8ClNO5. The minimum atomic E-state index is -0.854. The maximum Gasteiger partial charge on any atom is 0.350 e. The topological polar surface area (TPSA) is 86.5 Å². The van der Waals surface area contributed by atoms with Crippen molar-refractivity contribution < 1.29 is 19.2 Å². The van der Waals surface area contributed by atoms with Crippen LogP contribution in [0, 0.1) is 10.1 Å². The molecule has 0 saturated heterocycles. The lowest BCUT2D eigenvalue weighted by molar-refractivity contribution is -0.385. The second kappa shape index (κ2) is 6.15. The maximum absolute atomic E-state index is 11.9. The Bertz CT molecular complexity index is 712. The fraction of sp³-hybridized carbons (Fsp3) is 0. The molecule has 0 aliphatic rings. The molecule has 0 fully saturated rings. The number of para-hydroxylation sites is 1. The van der Waals surface area contributed by atoms with Gasteiger partial charge in [-0.2, -0.15) is 0 Å². The van der Waals surface area contributed by atoms with E-state index < -0.39 is 16.1 Å². The van der Waals surface area contributed by atoms with Gasteiger partial charge in [0.25, 0.3) is 10.9 Å². The molecule has 0 heterocycles. The SMILES string of the molecule is O=C(Cl)c1ccc(OC(=O)c2ccccc2[N+](=O)[O-])cc1. The molecule has 0 bridgehead atoms. The number of rotatable bonds is 4. The van der Waals surface area contributed by atoms with Crippen LogP contribution in [0.1, 0.15) is 20.7 Å². The van der Waals surface area contributed by atoms with Crippen molar-refractivity contribution >= 4 is 28.5 Å². The van der Waals surface area contributed by atoms with Crippen molar-refractivity contribution in [2.24, 2.45) is 0 Å². The van der Waals surface area contributed by atoms with Crippen LogP contribution in [0.25, 0.3) is 0 Å². The van der Waals surface area contributed by atoms with Gasteiger partial charge in [0.05, 0.1) is 4.92 Å². The number of hydrogen-bond donors (Lipinski definition) is 0. The van der Waals surface area contributed by atoms with E-state index in [1.165, 1.54) is 48.5 Å². The zero-order valence-corrected chi connectivity index (χ0v) is 11.2. The molecule has 0 radical (unpaired) electrons. The first-order valence-corrected chi connectivity index (χ1v) is 6.12. The van der Waals surface area contributed by atoms with Gasteiger partial charge in [-0.05, 0) is 41.9 Å². The zero-order valence-electron chi connectivity index (χ0n) is 10.5. The molecule has 0 spiro atoms. The Balaban J connectivity index is 2.22. The Labute approximate surface area is 124 Å². The van der Waals surface area contributed by atoms with Crippen molar-refractivity contribution in [1.29, 1.82) is 0 Å². The summed E-state index contributed by atoms with van der Waals surface area (Å²) in [5, 5.41) is 10.2. The third kappa shape index (κ3) is 3.43. The van der Waals surface area contributed by atoms with Crippen LogP contribution in [0.2, 0.25) is 0 Å². The average molecular weight is 306 g/mol. The fourth-order valence-corrected chi connectivity index (χ4v) is 1.75. The summed E-state index contributed by atoms with van der Waals surface area (Å²) in [7, 11) is 0. The van der Waals surface area contributed by atoms with Crippen LogP contribution in [0.3, 0.4) is 0 Å². The van der Waals surface area contributed by atoms with Gasteiger partial charge in [0.2, 0.25) is 0 Å². The quantitative estimate of drug-likeness (QED) is 0.285. The standard InChI is InChI=1S/C14H8ClNO5/c15-13(17)9-5-7-10(8-6-9)21-14(18)11-3-1-2-4-12(11)16(19)20/h1-8H. The third-order valence-electron chi connectivity index (χ3n) is 2.61. The Kier molecular flexibility index (Phi) is 4.30. The summed E-state index contributed by atoms with van der Waals surface area (Å²) in [6.07, 6.45) is 0. The highest BCUT2D eigenvalue weighted by atomic mass is 35.5. The summed E-state index contributed by atoms with van der Waals surface area (Å²) >= 11 is 5.29. The first-order chi connectivity index (χ1) is 9.99. The highest BCUT2D eigenvalue weighted by Gasteiger charge is 2.21. The Morgan fingerprint density at radius 3 is 2.24 bits per heavy atom. The molecule has 0 unspecified atom stereocenters. The van der Waals surface area contributed by atoms with E-state index in [1.807, 2.05) is 0 Å². The van der Waals surface area contributed by atoms with E-state index in [0.29, 0.717) is 0 Å². The molecule has 0 saturated carbocycles. The van der Waals surface area contributed by atoms with Crippen LogP contribution in [-0.2, 0) is 0 Å². The van der Waals surface area contributed by atoms with Crippen molar-refractivity contribution in [3.05, 3.63) is 69.8 Å². The van der Waals surface area contributed by atoms with E-state index in [-0.39, 0.29) is 22.6 Å². The zero-order chi connectivity index (χ0) is 15.4. The molecule has 2 aromatic carbocycles. The number of halogens is 1. The summed E-state index contributed by atoms with van der Waals surface area (Å²) in [6, 6.07) is 11.0. The predicted octanol–water partition coefficient (Wildman–Crippen LogP) is 3.19. The molecule has 106 valence electrons. The highest BCUT2D eigenvalue weighted by molar-refractivity contribution is 6.67. The number of benzene rings is 2. The van der Waals surface area contributed by atoms with Crippen LogP contribution in [0.15, 0.2) is 48.5 Å². The molecule has 0 atom stereocenters. The second-order valence-corrected chi connectivity index (χ2v) is 4.31. The minimum Gasteiger partial charge on any atom is -0.423 e. The van der Waals surface area contributed by atoms with Gasteiger partial charge < -0.3 is 4.74 Å². The molecule has 2 rings (SSSR count). The molecule has 0 amide bonds. The van der Waals surface area contributed by atoms with E-state index in [4.69, 9.17) is 16.3 Å². The number of ether oxygens (including phenoxy) is 1. The monoisotopic (exact) mass is 305 g/mol. The first kappa shape index (κ1) is 14.7. The number of carbonyl (C=O) groups is 2. The number of nitro groups is 1. The highest BCUT2D eigenvalue weighted by Crippen LogP contribution is 2.21. The Morgan fingerprint density at radius 1 is 1.05 bits per heavy atom. The molecule has 6 nitrogen and oxygen atoms in total. The maximum atomic E-state index is 11.9. The van der Waals surface area contributed by atoms with Crippen LogP contribution >= 0.6 is 11.6 Å². The molecule has 2 aromatic rings.